The largest absolute Gasteiger partial charge is 0.464 e. The SMILES string of the molecule is COC(=O)c1c(NC(=O)c2ccc(OC(F)F)cc2)cnn1C. The molecule has 2 aromatic rings. The Morgan fingerprint density at radius 2 is 1.91 bits per heavy atom. The van der Waals surface area contributed by atoms with Crippen molar-refractivity contribution < 1.29 is 27.8 Å². The first-order valence-corrected chi connectivity index (χ1v) is 6.39. The molecule has 0 aliphatic carbocycles. The molecule has 23 heavy (non-hydrogen) atoms. The average molecular weight is 325 g/mol. The van der Waals surface area contributed by atoms with E-state index >= 15 is 0 Å². The van der Waals surface area contributed by atoms with Gasteiger partial charge in [-0.3, -0.25) is 9.48 Å². The number of alkyl halides is 2. The normalized spacial score (nSPS) is 10.5. The molecular formula is C14H13F2N3O4. The van der Waals surface area contributed by atoms with Crippen LogP contribution in [0.15, 0.2) is 30.5 Å². The lowest BCUT2D eigenvalue weighted by molar-refractivity contribution is -0.0498. The lowest BCUT2D eigenvalue weighted by Gasteiger charge is -2.07. The smallest absolute Gasteiger partial charge is 0.387 e. The second-order valence-corrected chi connectivity index (χ2v) is 4.38. The van der Waals surface area contributed by atoms with E-state index in [4.69, 9.17) is 0 Å². The Morgan fingerprint density at radius 3 is 2.48 bits per heavy atom. The molecule has 9 heteroatoms. The van der Waals surface area contributed by atoms with E-state index in [1.54, 1.807) is 0 Å². The predicted octanol–water partition coefficient (Wildman–Crippen LogP) is 2.06. The summed E-state index contributed by atoms with van der Waals surface area (Å²) in [5, 5.41) is 6.39. The van der Waals surface area contributed by atoms with Gasteiger partial charge in [-0.05, 0) is 24.3 Å². The van der Waals surface area contributed by atoms with Gasteiger partial charge in [0.1, 0.15) is 5.75 Å². The summed E-state index contributed by atoms with van der Waals surface area (Å²) in [4.78, 5) is 23.8. The number of amides is 1. The van der Waals surface area contributed by atoms with Crippen LogP contribution in [0.25, 0.3) is 0 Å². The van der Waals surface area contributed by atoms with Gasteiger partial charge in [0, 0.05) is 12.6 Å². The third-order valence-electron chi connectivity index (χ3n) is 2.91. The maximum absolute atomic E-state index is 12.1. The quantitative estimate of drug-likeness (QED) is 0.851. The first-order valence-electron chi connectivity index (χ1n) is 6.39. The van der Waals surface area contributed by atoms with Gasteiger partial charge in [0.15, 0.2) is 5.69 Å². The Balaban J connectivity index is 2.15. The summed E-state index contributed by atoms with van der Waals surface area (Å²) in [7, 11) is 2.74. The van der Waals surface area contributed by atoms with Crippen LogP contribution in [0.4, 0.5) is 14.5 Å². The lowest BCUT2D eigenvalue weighted by Crippen LogP contribution is -2.16. The van der Waals surface area contributed by atoms with Crippen LogP contribution in [-0.4, -0.2) is 35.4 Å². The lowest BCUT2D eigenvalue weighted by atomic mass is 10.2. The monoisotopic (exact) mass is 325 g/mol. The molecule has 0 aliphatic rings. The third kappa shape index (κ3) is 3.82. The minimum Gasteiger partial charge on any atom is -0.464 e. The number of nitrogens with zero attached hydrogens (tertiary/aromatic N) is 2. The average Bonchev–Trinajstić information content (AvgIpc) is 2.87. The zero-order valence-corrected chi connectivity index (χ0v) is 12.2. The number of esters is 1. The van der Waals surface area contributed by atoms with E-state index < -0.39 is 18.5 Å². The molecule has 1 N–H and O–H groups in total. The zero-order chi connectivity index (χ0) is 17.0. The Bertz CT molecular complexity index is 713. The molecule has 0 fully saturated rings. The molecule has 0 saturated heterocycles. The first kappa shape index (κ1) is 16.4. The van der Waals surface area contributed by atoms with Crippen LogP contribution in [0.2, 0.25) is 0 Å². The molecule has 122 valence electrons. The number of hydrogen-bond donors (Lipinski definition) is 1. The van der Waals surface area contributed by atoms with E-state index in [2.05, 4.69) is 19.9 Å². The minimum atomic E-state index is -2.94. The molecule has 0 unspecified atom stereocenters. The fourth-order valence-electron chi connectivity index (χ4n) is 1.85. The molecule has 0 spiro atoms. The highest BCUT2D eigenvalue weighted by atomic mass is 19.3. The number of aromatic nitrogens is 2. The van der Waals surface area contributed by atoms with Gasteiger partial charge in [0.05, 0.1) is 19.0 Å². The number of methoxy groups -OCH3 is 1. The Morgan fingerprint density at radius 1 is 1.26 bits per heavy atom. The van der Waals surface area contributed by atoms with Crippen LogP contribution in [0.3, 0.4) is 0 Å². The maximum atomic E-state index is 12.1. The molecule has 0 saturated carbocycles. The summed E-state index contributed by atoms with van der Waals surface area (Å²) >= 11 is 0. The number of rotatable bonds is 5. The number of carbonyl (C=O) groups excluding carboxylic acids is 2. The highest BCUT2D eigenvalue weighted by molar-refractivity contribution is 6.07. The van der Waals surface area contributed by atoms with Crippen LogP contribution in [-0.2, 0) is 11.8 Å². The Labute approximate surface area is 129 Å². The summed E-state index contributed by atoms with van der Waals surface area (Å²) in [5.41, 5.74) is 0.460. The second-order valence-electron chi connectivity index (χ2n) is 4.38. The van der Waals surface area contributed by atoms with E-state index in [9.17, 15) is 18.4 Å². The van der Waals surface area contributed by atoms with Crippen molar-refractivity contribution in [2.75, 3.05) is 12.4 Å². The Hall–Kier alpha value is -2.97. The minimum absolute atomic E-state index is 0.0619. The topological polar surface area (TPSA) is 82.4 Å². The highest BCUT2D eigenvalue weighted by Gasteiger charge is 2.19. The fourth-order valence-corrected chi connectivity index (χ4v) is 1.85. The third-order valence-corrected chi connectivity index (χ3v) is 2.91. The molecule has 0 radical (unpaired) electrons. The van der Waals surface area contributed by atoms with Crippen LogP contribution in [0.1, 0.15) is 20.8 Å². The van der Waals surface area contributed by atoms with Crippen molar-refractivity contribution in [3.63, 3.8) is 0 Å². The number of benzene rings is 1. The molecule has 0 aliphatic heterocycles. The van der Waals surface area contributed by atoms with Crippen molar-refractivity contribution in [3.05, 3.63) is 41.7 Å². The molecule has 1 aromatic carbocycles. The number of nitrogens with one attached hydrogen (secondary N) is 1. The van der Waals surface area contributed by atoms with Gasteiger partial charge in [-0.1, -0.05) is 0 Å². The molecule has 0 atom stereocenters. The van der Waals surface area contributed by atoms with Crippen molar-refractivity contribution in [3.8, 4) is 5.75 Å². The van der Waals surface area contributed by atoms with Gasteiger partial charge in [0.2, 0.25) is 0 Å². The molecule has 1 aromatic heterocycles. The van der Waals surface area contributed by atoms with Crippen LogP contribution >= 0.6 is 0 Å². The van der Waals surface area contributed by atoms with Crippen molar-refractivity contribution in [2.24, 2.45) is 7.05 Å². The predicted molar refractivity (Wildman–Crippen MR) is 75.6 cm³/mol. The van der Waals surface area contributed by atoms with Crippen LogP contribution < -0.4 is 10.1 Å². The van der Waals surface area contributed by atoms with Gasteiger partial charge < -0.3 is 14.8 Å². The van der Waals surface area contributed by atoms with Crippen molar-refractivity contribution >= 4 is 17.6 Å². The summed E-state index contributed by atoms with van der Waals surface area (Å²) in [6.45, 7) is -2.94. The van der Waals surface area contributed by atoms with Crippen LogP contribution in [0, 0.1) is 0 Å². The number of halogens is 2. The summed E-state index contributed by atoms with van der Waals surface area (Å²) in [6, 6.07) is 5.12. The van der Waals surface area contributed by atoms with Gasteiger partial charge in [0.25, 0.3) is 5.91 Å². The van der Waals surface area contributed by atoms with Gasteiger partial charge in [-0.25, -0.2) is 4.79 Å². The molecular weight excluding hydrogens is 312 g/mol. The van der Waals surface area contributed by atoms with E-state index in [1.165, 1.54) is 49.3 Å². The standard InChI is InChI=1S/C14H13F2N3O4/c1-19-11(13(21)22-2)10(7-17-19)18-12(20)8-3-5-9(6-4-8)23-14(15)16/h3-7,14H,1-2H3,(H,18,20). The van der Waals surface area contributed by atoms with Crippen molar-refractivity contribution in [2.45, 2.75) is 6.61 Å². The van der Waals surface area contributed by atoms with Gasteiger partial charge >= 0.3 is 12.6 Å². The van der Waals surface area contributed by atoms with Gasteiger partial charge in [-0.2, -0.15) is 13.9 Å². The molecule has 7 nitrogen and oxygen atoms in total. The van der Waals surface area contributed by atoms with E-state index in [1.807, 2.05) is 0 Å². The number of aryl methyl sites for hydroxylation is 1. The second kappa shape index (κ2) is 6.86. The number of anilines is 1. The number of ether oxygens (including phenoxy) is 2. The summed E-state index contributed by atoms with van der Waals surface area (Å²) < 4.78 is 34.2. The van der Waals surface area contributed by atoms with Crippen molar-refractivity contribution in [1.82, 2.24) is 9.78 Å². The molecule has 1 amide bonds. The molecule has 0 bridgehead atoms. The van der Waals surface area contributed by atoms with Crippen molar-refractivity contribution in [1.29, 1.82) is 0 Å². The first-order chi connectivity index (χ1) is 10.9. The summed E-state index contributed by atoms with van der Waals surface area (Å²) in [6.07, 6.45) is 1.30. The fraction of sp³-hybridized carbons (Fsp3) is 0.214. The number of carbonyl (C=O) groups is 2. The van der Waals surface area contributed by atoms with Gasteiger partial charge in [-0.15, -0.1) is 0 Å². The zero-order valence-electron chi connectivity index (χ0n) is 12.2. The molecule has 1 heterocycles. The van der Waals surface area contributed by atoms with E-state index in [-0.39, 0.29) is 22.7 Å². The Kier molecular flexibility index (Phi) is 4.89. The number of hydrogen-bond acceptors (Lipinski definition) is 5. The molecule has 2 rings (SSSR count). The van der Waals surface area contributed by atoms with E-state index in [0.717, 1.165) is 0 Å². The highest BCUT2D eigenvalue weighted by Crippen LogP contribution is 2.18. The maximum Gasteiger partial charge on any atom is 0.387 e. The van der Waals surface area contributed by atoms with Crippen LogP contribution in [0.5, 0.6) is 5.75 Å². The summed E-state index contributed by atoms with van der Waals surface area (Å²) in [5.74, 6) is -1.25. The van der Waals surface area contributed by atoms with E-state index in [0.29, 0.717) is 0 Å².